The predicted octanol–water partition coefficient (Wildman–Crippen LogP) is 2.49. The fourth-order valence-electron chi connectivity index (χ4n) is 1.69. The van der Waals surface area contributed by atoms with Crippen LogP contribution in [0, 0.1) is 0 Å². The highest BCUT2D eigenvalue weighted by Crippen LogP contribution is 2.30. The first-order valence-corrected chi connectivity index (χ1v) is 4.89. The van der Waals surface area contributed by atoms with Crippen LogP contribution in [0.2, 0.25) is 0 Å². The maximum absolute atomic E-state index is 9.97. The Morgan fingerprint density at radius 3 is 2.43 bits per heavy atom. The van der Waals surface area contributed by atoms with Crippen LogP contribution in [0.1, 0.15) is 31.9 Å². The van der Waals surface area contributed by atoms with E-state index in [9.17, 15) is 5.11 Å². The molecule has 0 aliphatic rings. The number of hydrogen-bond donors (Lipinski definition) is 1. The summed E-state index contributed by atoms with van der Waals surface area (Å²) < 4.78 is 5.26. The molecule has 0 saturated carbocycles. The van der Waals surface area contributed by atoms with Crippen molar-refractivity contribution in [3.8, 4) is 5.75 Å². The monoisotopic (exact) mass is 194 g/mol. The lowest BCUT2D eigenvalue weighted by molar-refractivity contribution is 0.0773. The molecule has 0 unspecified atom stereocenters. The van der Waals surface area contributed by atoms with Crippen LogP contribution in [-0.2, 0) is 12.0 Å². The van der Waals surface area contributed by atoms with E-state index in [4.69, 9.17) is 4.74 Å². The molecule has 0 aromatic heterocycles. The molecule has 78 valence electrons. The summed E-state index contributed by atoms with van der Waals surface area (Å²) in [5.41, 5.74) is 1.22. The Balaban J connectivity index is 3.29. The average molecular weight is 194 g/mol. The Hall–Kier alpha value is -1.02. The molecule has 0 bridgehead atoms. The first kappa shape index (κ1) is 11.1. The Kier molecular flexibility index (Phi) is 3.17. The lowest BCUT2D eigenvalue weighted by Crippen LogP contribution is -2.18. The molecule has 0 spiro atoms. The standard InChI is InChI=1S/C12H18O2/c1-5-9-10(12(2,3)13)7-6-8-11(9)14-4/h6-8,13H,5H2,1-4H3. The van der Waals surface area contributed by atoms with Crippen molar-refractivity contribution in [3.63, 3.8) is 0 Å². The normalized spacial score (nSPS) is 11.5. The topological polar surface area (TPSA) is 29.5 Å². The van der Waals surface area contributed by atoms with Crippen LogP contribution in [0.5, 0.6) is 5.75 Å². The zero-order valence-corrected chi connectivity index (χ0v) is 9.29. The molecule has 0 amide bonds. The minimum absolute atomic E-state index is 0.806. The second-order valence-corrected chi connectivity index (χ2v) is 3.90. The molecule has 1 N–H and O–H groups in total. The molecule has 2 nitrogen and oxygen atoms in total. The number of ether oxygens (including phenoxy) is 1. The molecule has 0 radical (unpaired) electrons. The summed E-state index contributed by atoms with van der Waals surface area (Å²) >= 11 is 0. The Bertz CT molecular complexity index is 311. The van der Waals surface area contributed by atoms with Crippen molar-refractivity contribution in [2.24, 2.45) is 0 Å². The molecule has 0 fully saturated rings. The third-order valence-electron chi connectivity index (χ3n) is 2.37. The highest BCUT2D eigenvalue weighted by molar-refractivity contribution is 5.42. The fraction of sp³-hybridized carbons (Fsp3) is 0.500. The van der Waals surface area contributed by atoms with E-state index in [-0.39, 0.29) is 0 Å². The van der Waals surface area contributed by atoms with Crippen LogP contribution in [0.4, 0.5) is 0 Å². The van der Waals surface area contributed by atoms with E-state index < -0.39 is 5.60 Å². The first-order valence-electron chi connectivity index (χ1n) is 4.89. The van der Waals surface area contributed by atoms with Gasteiger partial charge in [-0.3, -0.25) is 0 Å². The van der Waals surface area contributed by atoms with Gasteiger partial charge in [0, 0.05) is 0 Å². The van der Waals surface area contributed by atoms with Gasteiger partial charge in [-0.2, -0.15) is 0 Å². The third-order valence-corrected chi connectivity index (χ3v) is 2.37. The van der Waals surface area contributed by atoms with Crippen LogP contribution >= 0.6 is 0 Å². The van der Waals surface area contributed by atoms with Gasteiger partial charge in [0.15, 0.2) is 0 Å². The van der Waals surface area contributed by atoms with Crippen molar-refractivity contribution < 1.29 is 9.84 Å². The summed E-state index contributed by atoms with van der Waals surface area (Å²) in [6, 6.07) is 5.78. The first-order chi connectivity index (χ1) is 6.50. The number of aliphatic hydroxyl groups is 1. The van der Waals surface area contributed by atoms with Crippen LogP contribution in [-0.4, -0.2) is 12.2 Å². The maximum Gasteiger partial charge on any atom is 0.122 e. The predicted molar refractivity (Wildman–Crippen MR) is 57.6 cm³/mol. The number of benzene rings is 1. The molecular formula is C12H18O2. The van der Waals surface area contributed by atoms with Gasteiger partial charge in [0.2, 0.25) is 0 Å². The number of rotatable bonds is 3. The van der Waals surface area contributed by atoms with E-state index in [1.54, 1.807) is 21.0 Å². The Morgan fingerprint density at radius 1 is 1.36 bits per heavy atom. The van der Waals surface area contributed by atoms with E-state index in [2.05, 4.69) is 6.92 Å². The third kappa shape index (κ3) is 2.07. The fourth-order valence-corrected chi connectivity index (χ4v) is 1.69. The zero-order valence-electron chi connectivity index (χ0n) is 9.29. The van der Waals surface area contributed by atoms with Crippen molar-refractivity contribution in [2.45, 2.75) is 32.8 Å². The van der Waals surface area contributed by atoms with Gasteiger partial charge >= 0.3 is 0 Å². The van der Waals surface area contributed by atoms with Crippen molar-refractivity contribution in [2.75, 3.05) is 7.11 Å². The maximum atomic E-state index is 9.97. The van der Waals surface area contributed by atoms with Crippen molar-refractivity contribution in [3.05, 3.63) is 29.3 Å². The Morgan fingerprint density at radius 2 is 2.00 bits per heavy atom. The van der Waals surface area contributed by atoms with E-state index in [1.165, 1.54) is 0 Å². The summed E-state index contributed by atoms with van der Waals surface area (Å²) in [6.07, 6.45) is 0.864. The largest absolute Gasteiger partial charge is 0.496 e. The molecule has 0 aliphatic carbocycles. The highest BCUT2D eigenvalue weighted by Gasteiger charge is 2.20. The van der Waals surface area contributed by atoms with E-state index in [0.29, 0.717) is 0 Å². The van der Waals surface area contributed by atoms with Crippen molar-refractivity contribution in [1.82, 2.24) is 0 Å². The summed E-state index contributed by atoms with van der Waals surface area (Å²) in [5, 5.41) is 9.97. The van der Waals surface area contributed by atoms with Gasteiger partial charge < -0.3 is 9.84 Å². The van der Waals surface area contributed by atoms with E-state index in [1.807, 2.05) is 18.2 Å². The molecular weight excluding hydrogens is 176 g/mol. The van der Waals surface area contributed by atoms with Gasteiger partial charge in [-0.25, -0.2) is 0 Å². The lowest BCUT2D eigenvalue weighted by atomic mass is 9.91. The van der Waals surface area contributed by atoms with Gasteiger partial charge in [0.25, 0.3) is 0 Å². The summed E-state index contributed by atoms with van der Waals surface area (Å²) in [4.78, 5) is 0. The molecule has 0 aliphatic heterocycles. The molecule has 0 saturated heterocycles. The number of hydrogen-bond acceptors (Lipinski definition) is 2. The summed E-state index contributed by atoms with van der Waals surface area (Å²) in [5.74, 6) is 0.854. The van der Waals surface area contributed by atoms with Gasteiger partial charge in [0.05, 0.1) is 12.7 Å². The van der Waals surface area contributed by atoms with Gasteiger partial charge in [-0.15, -0.1) is 0 Å². The molecule has 2 heteroatoms. The lowest BCUT2D eigenvalue weighted by Gasteiger charge is -2.22. The second-order valence-electron chi connectivity index (χ2n) is 3.90. The average Bonchev–Trinajstić information content (AvgIpc) is 2.15. The van der Waals surface area contributed by atoms with Crippen molar-refractivity contribution in [1.29, 1.82) is 0 Å². The van der Waals surface area contributed by atoms with Crippen LogP contribution in [0.25, 0.3) is 0 Å². The SMILES string of the molecule is CCc1c(OC)cccc1C(C)(C)O. The van der Waals surface area contributed by atoms with E-state index >= 15 is 0 Å². The summed E-state index contributed by atoms with van der Waals surface area (Å²) in [7, 11) is 1.66. The van der Waals surface area contributed by atoms with Gasteiger partial charge in [0.1, 0.15) is 5.75 Å². The second kappa shape index (κ2) is 4.01. The van der Waals surface area contributed by atoms with Crippen molar-refractivity contribution >= 4 is 0 Å². The molecule has 1 rings (SSSR count). The van der Waals surface area contributed by atoms with Gasteiger partial charge in [-0.05, 0) is 37.5 Å². The zero-order chi connectivity index (χ0) is 10.8. The smallest absolute Gasteiger partial charge is 0.122 e. The molecule has 0 atom stereocenters. The minimum atomic E-state index is -0.806. The van der Waals surface area contributed by atoms with Crippen LogP contribution in [0.3, 0.4) is 0 Å². The van der Waals surface area contributed by atoms with E-state index in [0.717, 1.165) is 23.3 Å². The molecule has 1 aromatic rings. The summed E-state index contributed by atoms with van der Waals surface area (Å²) in [6.45, 7) is 5.65. The molecule has 1 aromatic carbocycles. The molecule has 0 heterocycles. The van der Waals surface area contributed by atoms with Crippen LogP contribution < -0.4 is 4.74 Å². The van der Waals surface area contributed by atoms with Gasteiger partial charge in [-0.1, -0.05) is 19.1 Å². The van der Waals surface area contributed by atoms with Crippen LogP contribution in [0.15, 0.2) is 18.2 Å². The highest BCUT2D eigenvalue weighted by atomic mass is 16.5. The minimum Gasteiger partial charge on any atom is -0.496 e. The quantitative estimate of drug-likeness (QED) is 0.801. The Labute approximate surface area is 85.5 Å². The molecule has 14 heavy (non-hydrogen) atoms. The number of methoxy groups -OCH3 is 1.